The molecule has 0 aliphatic rings. The Balaban J connectivity index is 1.91. The van der Waals surface area contributed by atoms with Crippen LogP contribution >= 0.6 is 27.3 Å². The monoisotopic (exact) mass is 396 g/mol. The largest absolute Gasteiger partial charge is 0.480 e. The van der Waals surface area contributed by atoms with Crippen LogP contribution in [0.4, 0.5) is 0 Å². The third kappa shape index (κ3) is 5.14. The number of amides is 1. The first-order valence-corrected chi connectivity index (χ1v) is 8.78. The minimum atomic E-state index is -1.02. The van der Waals surface area contributed by atoms with Gasteiger partial charge in [0, 0.05) is 17.3 Å². The third-order valence-electron chi connectivity index (χ3n) is 3.25. The second-order valence-electron chi connectivity index (χ2n) is 5.04. The van der Waals surface area contributed by atoms with Crippen LogP contribution in [0.5, 0.6) is 0 Å². The normalized spacial score (nSPS) is 12.0. The van der Waals surface area contributed by atoms with E-state index in [2.05, 4.69) is 32.8 Å². The highest BCUT2D eigenvalue weighted by Gasteiger charge is 2.19. The number of halogens is 1. The number of carbonyl (C=O) groups is 2. The van der Waals surface area contributed by atoms with Crippen molar-refractivity contribution in [2.24, 2.45) is 0 Å². The minimum Gasteiger partial charge on any atom is -0.480 e. The molecule has 1 heterocycles. The van der Waals surface area contributed by atoms with E-state index in [1.807, 2.05) is 18.2 Å². The predicted octanol–water partition coefficient (Wildman–Crippen LogP) is 3.53. The Morgan fingerprint density at radius 2 is 2.26 bits per heavy atom. The Bertz CT molecular complexity index is 729. The Morgan fingerprint density at radius 1 is 1.48 bits per heavy atom. The van der Waals surface area contributed by atoms with E-state index in [1.54, 1.807) is 17.4 Å². The van der Waals surface area contributed by atoms with Crippen molar-refractivity contribution in [1.82, 2.24) is 10.3 Å². The number of aryl methyl sites for hydroxylation is 1. The highest BCUT2D eigenvalue weighted by atomic mass is 79.9. The van der Waals surface area contributed by atoms with Crippen molar-refractivity contribution in [2.45, 2.75) is 31.7 Å². The Morgan fingerprint density at radius 3 is 2.96 bits per heavy atom. The average Bonchev–Trinajstić information content (AvgIpc) is 2.91. The summed E-state index contributed by atoms with van der Waals surface area (Å²) >= 11 is 4.95. The minimum absolute atomic E-state index is 0.221. The van der Waals surface area contributed by atoms with Crippen molar-refractivity contribution >= 4 is 49.4 Å². The number of carboxylic acid groups (broad SMARTS) is 1. The predicted molar refractivity (Wildman–Crippen MR) is 94.6 cm³/mol. The van der Waals surface area contributed by atoms with Gasteiger partial charge in [0.15, 0.2) is 0 Å². The summed E-state index contributed by atoms with van der Waals surface area (Å²) in [6.07, 6.45) is 3.25. The fourth-order valence-electron chi connectivity index (χ4n) is 2.08. The molecule has 0 aliphatic carbocycles. The van der Waals surface area contributed by atoms with Gasteiger partial charge in [-0.05, 0) is 31.0 Å². The molecular weight excluding hydrogens is 380 g/mol. The SMILES string of the molecule is C=CCCC(NC(=O)CCc1nc2cc(Br)ccc2s1)C(=O)O. The maximum atomic E-state index is 11.9. The van der Waals surface area contributed by atoms with Crippen LogP contribution in [0.15, 0.2) is 35.3 Å². The van der Waals surface area contributed by atoms with Crippen molar-refractivity contribution in [3.63, 3.8) is 0 Å². The lowest BCUT2D eigenvalue weighted by molar-refractivity contribution is -0.142. The molecule has 2 rings (SSSR count). The van der Waals surface area contributed by atoms with Crippen molar-refractivity contribution in [3.8, 4) is 0 Å². The van der Waals surface area contributed by atoms with Crippen LogP contribution in [0, 0.1) is 0 Å². The number of rotatable bonds is 8. The quantitative estimate of drug-likeness (QED) is 0.668. The second kappa shape index (κ2) is 8.21. The maximum Gasteiger partial charge on any atom is 0.326 e. The number of aliphatic carboxylic acids is 1. The number of aromatic nitrogens is 1. The molecule has 0 aliphatic heterocycles. The molecule has 23 heavy (non-hydrogen) atoms. The molecule has 1 aromatic carbocycles. The summed E-state index contributed by atoms with van der Waals surface area (Å²) in [4.78, 5) is 27.5. The van der Waals surface area contributed by atoms with Gasteiger partial charge in [-0.3, -0.25) is 4.79 Å². The highest BCUT2D eigenvalue weighted by molar-refractivity contribution is 9.10. The number of allylic oxidation sites excluding steroid dienone is 1. The summed E-state index contributed by atoms with van der Waals surface area (Å²) in [7, 11) is 0. The number of nitrogens with zero attached hydrogens (tertiary/aromatic N) is 1. The van der Waals surface area contributed by atoms with Crippen LogP contribution in [-0.2, 0) is 16.0 Å². The van der Waals surface area contributed by atoms with E-state index in [0.717, 1.165) is 19.7 Å². The number of fused-ring (bicyclic) bond motifs is 1. The van der Waals surface area contributed by atoms with Crippen molar-refractivity contribution in [2.75, 3.05) is 0 Å². The van der Waals surface area contributed by atoms with E-state index in [1.165, 1.54) is 0 Å². The summed E-state index contributed by atoms with van der Waals surface area (Å²) in [6, 6.07) is 5.00. The van der Waals surface area contributed by atoms with E-state index in [4.69, 9.17) is 5.11 Å². The summed E-state index contributed by atoms with van der Waals surface area (Å²) in [5.74, 6) is -1.30. The van der Waals surface area contributed by atoms with Crippen molar-refractivity contribution < 1.29 is 14.7 Å². The molecular formula is C16H17BrN2O3S. The molecule has 0 bridgehead atoms. The Kier molecular flexibility index (Phi) is 6.29. The Labute approximate surface area is 146 Å². The van der Waals surface area contributed by atoms with E-state index >= 15 is 0 Å². The average molecular weight is 397 g/mol. The lowest BCUT2D eigenvalue weighted by atomic mass is 10.1. The summed E-state index contributed by atoms with van der Waals surface area (Å²) < 4.78 is 2.03. The van der Waals surface area contributed by atoms with Crippen LogP contribution in [0.3, 0.4) is 0 Å². The number of hydrogen-bond donors (Lipinski definition) is 2. The zero-order chi connectivity index (χ0) is 16.8. The van der Waals surface area contributed by atoms with Crippen LogP contribution < -0.4 is 5.32 Å². The lowest BCUT2D eigenvalue weighted by Crippen LogP contribution is -2.40. The smallest absolute Gasteiger partial charge is 0.326 e. The molecule has 0 saturated heterocycles. The van der Waals surface area contributed by atoms with E-state index in [-0.39, 0.29) is 12.3 Å². The van der Waals surface area contributed by atoms with Crippen LogP contribution in [0.25, 0.3) is 10.2 Å². The molecule has 0 fully saturated rings. The number of carboxylic acids is 1. The van der Waals surface area contributed by atoms with Gasteiger partial charge in [-0.2, -0.15) is 0 Å². The lowest BCUT2D eigenvalue weighted by Gasteiger charge is -2.13. The topological polar surface area (TPSA) is 79.3 Å². The zero-order valence-corrected chi connectivity index (χ0v) is 14.8. The van der Waals surface area contributed by atoms with Gasteiger partial charge in [0.05, 0.1) is 15.2 Å². The summed E-state index contributed by atoms with van der Waals surface area (Å²) in [6.45, 7) is 3.56. The summed E-state index contributed by atoms with van der Waals surface area (Å²) in [5.41, 5.74) is 0.897. The van der Waals surface area contributed by atoms with Gasteiger partial charge in [-0.1, -0.05) is 22.0 Å². The second-order valence-corrected chi connectivity index (χ2v) is 7.07. The third-order valence-corrected chi connectivity index (χ3v) is 4.84. The molecule has 0 spiro atoms. The summed E-state index contributed by atoms with van der Waals surface area (Å²) in [5, 5.41) is 12.5. The fourth-order valence-corrected chi connectivity index (χ4v) is 3.38. The zero-order valence-electron chi connectivity index (χ0n) is 12.4. The molecule has 122 valence electrons. The van der Waals surface area contributed by atoms with Crippen molar-refractivity contribution in [1.29, 1.82) is 0 Å². The van der Waals surface area contributed by atoms with Gasteiger partial charge in [0.2, 0.25) is 5.91 Å². The number of benzene rings is 1. The van der Waals surface area contributed by atoms with Gasteiger partial charge in [-0.25, -0.2) is 9.78 Å². The number of hydrogen-bond acceptors (Lipinski definition) is 4. The first-order chi connectivity index (χ1) is 11.0. The Hall–Kier alpha value is -1.73. The standard InChI is InChI=1S/C16H17BrN2O3S/c1-2-3-4-11(16(21)22)18-14(20)7-8-15-19-12-9-10(17)5-6-13(12)23-15/h2,5-6,9,11H,1,3-4,7-8H2,(H,18,20)(H,21,22). The molecule has 2 N–H and O–H groups in total. The van der Waals surface area contributed by atoms with Crippen LogP contribution in [0.1, 0.15) is 24.3 Å². The van der Waals surface area contributed by atoms with Crippen molar-refractivity contribution in [3.05, 3.63) is 40.3 Å². The van der Waals surface area contributed by atoms with E-state index in [9.17, 15) is 9.59 Å². The molecule has 1 atom stereocenters. The number of nitrogens with one attached hydrogen (secondary N) is 1. The van der Waals surface area contributed by atoms with E-state index < -0.39 is 12.0 Å². The van der Waals surface area contributed by atoms with Gasteiger partial charge in [0.25, 0.3) is 0 Å². The first kappa shape index (κ1) is 17.6. The number of thiazole rings is 1. The molecule has 5 nitrogen and oxygen atoms in total. The number of carbonyl (C=O) groups excluding carboxylic acids is 1. The fraction of sp³-hybridized carbons (Fsp3) is 0.312. The van der Waals surface area contributed by atoms with Gasteiger partial charge in [0.1, 0.15) is 6.04 Å². The van der Waals surface area contributed by atoms with Crippen LogP contribution in [0.2, 0.25) is 0 Å². The first-order valence-electron chi connectivity index (χ1n) is 7.17. The molecule has 0 saturated carbocycles. The molecule has 1 unspecified atom stereocenters. The molecule has 7 heteroatoms. The van der Waals surface area contributed by atoms with Gasteiger partial charge < -0.3 is 10.4 Å². The highest BCUT2D eigenvalue weighted by Crippen LogP contribution is 2.25. The van der Waals surface area contributed by atoms with Crippen LogP contribution in [-0.4, -0.2) is 28.0 Å². The van der Waals surface area contributed by atoms with Gasteiger partial charge in [-0.15, -0.1) is 17.9 Å². The maximum absolute atomic E-state index is 11.9. The molecule has 1 amide bonds. The molecule has 1 aromatic heterocycles. The van der Waals surface area contributed by atoms with E-state index in [0.29, 0.717) is 19.3 Å². The van der Waals surface area contributed by atoms with Gasteiger partial charge >= 0.3 is 5.97 Å². The molecule has 2 aromatic rings. The molecule has 0 radical (unpaired) electrons.